The third kappa shape index (κ3) is 5.50. The summed E-state index contributed by atoms with van der Waals surface area (Å²) in [7, 11) is -3.95. The molecule has 1 saturated heterocycles. The molecule has 1 aromatic heterocycles. The molecule has 2 N–H and O–H groups in total. The summed E-state index contributed by atoms with van der Waals surface area (Å²) in [6, 6.07) is 7.77. The minimum absolute atomic E-state index is 0.0535. The van der Waals surface area contributed by atoms with Gasteiger partial charge in [0.1, 0.15) is 11.9 Å². The molecule has 0 radical (unpaired) electrons. The molecule has 40 heavy (non-hydrogen) atoms. The fourth-order valence-electron chi connectivity index (χ4n) is 5.39. The van der Waals surface area contributed by atoms with Crippen molar-refractivity contribution in [3.63, 3.8) is 0 Å². The number of amides is 4. The number of hydrogen-bond acceptors (Lipinski definition) is 6. The Labute approximate surface area is 237 Å². The first-order valence-corrected chi connectivity index (χ1v) is 15.2. The van der Waals surface area contributed by atoms with E-state index in [4.69, 9.17) is 11.6 Å². The summed E-state index contributed by atoms with van der Waals surface area (Å²) in [4.78, 5) is 46.5. The maximum atomic E-state index is 13.6. The number of halogens is 1. The largest absolute Gasteiger partial charge is 0.341 e. The van der Waals surface area contributed by atoms with E-state index < -0.39 is 33.6 Å². The van der Waals surface area contributed by atoms with Gasteiger partial charge in [-0.1, -0.05) is 23.7 Å². The van der Waals surface area contributed by atoms with Crippen molar-refractivity contribution in [2.24, 2.45) is 0 Å². The number of sulfone groups is 1. The van der Waals surface area contributed by atoms with E-state index in [-0.39, 0.29) is 17.0 Å². The van der Waals surface area contributed by atoms with Crippen molar-refractivity contribution in [3.8, 4) is 0 Å². The van der Waals surface area contributed by atoms with Gasteiger partial charge in [0.15, 0.2) is 9.84 Å². The summed E-state index contributed by atoms with van der Waals surface area (Å²) in [5, 5.41) is 7.16. The van der Waals surface area contributed by atoms with Crippen molar-refractivity contribution in [3.05, 3.63) is 59.1 Å². The third-order valence-corrected chi connectivity index (χ3v) is 9.44. The number of nitrogens with zero attached hydrogens (tertiary/aromatic N) is 4. The number of carbonyl (C=O) groups is 3. The summed E-state index contributed by atoms with van der Waals surface area (Å²) in [5.74, 6) is -0.417. The van der Waals surface area contributed by atoms with E-state index in [1.54, 1.807) is 64.7 Å². The van der Waals surface area contributed by atoms with Gasteiger partial charge in [-0.3, -0.25) is 9.36 Å². The van der Waals surface area contributed by atoms with Crippen LogP contribution in [0, 0.1) is 6.92 Å². The standard InChI is InChI=1S/C27H31ClN6O5S/c1-3-29-26(36)31-24(16-40(38,39)23-7-5-18-12-20(28)6-4-19(18)13-23)25(35)32-10-8-21(9-11-32)33-15-22-14-30-17(2)34(22)27(33)37/h4-7,12-14,21,24H,3,8-11,15-16H2,1-2H3,(H2,29,31,36)/t24-/m1/s1. The van der Waals surface area contributed by atoms with Crippen molar-refractivity contribution in [1.82, 2.24) is 30.0 Å². The minimum atomic E-state index is -3.95. The molecular weight excluding hydrogens is 556 g/mol. The molecule has 212 valence electrons. The van der Waals surface area contributed by atoms with Crippen molar-refractivity contribution in [2.45, 2.75) is 50.2 Å². The number of rotatable bonds is 7. The molecule has 11 nitrogen and oxygen atoms in total. The zero-order valence-electron chi connectivity index (χ0n) is 22.3. The molecule has 2 aliphatic rings. The van der Waals surface area contributed by atoms with Gasteiger partial charge >= 0.3 is 12.1 Å². The van der Waals surface area contributed by atoms with Gasteiger partial charge in [-0.2, -0.15) is 0 Å². The monoisotopic (exact) mass is 586 g/mol. The Bertz CT molecular complexity index is 1580. The molecule has 1 atom stereocenters. The van der Waals surface area contributed by atoms with Crippen molar-refractivity contribution >= 4 is 50.2 Å². The van der Waals surface area contributed by atoms with Gasteiger partial charge in [0.05, 0.1) is 29.1 Å². The smallest absolute Gasteiger partial charge is 0.330 e. The predicted molar refractivity (Wildman–Crippen MR) is 150 cm³/mol. The molecule has 0 spiro atoms. The lowest BCUT2D eigenvalue weighted by atomic mass is 10.0. The predicted octanol–water partition coefficient (Wildman–Crippen LogP) is 2.93. The lowest BCUT2D eigenvalue weighted by Gasteiger charge is -2.37. The highest BCUT2D eigenvalue weighted by molar-refractivity contribution is 7.91. The van der Waals surface area contributed by atoms with Crippen LogP contribution >= 0.6 is 11.6 Å². The van der Waals surface area contributed by atoms with Crippen molar-refractivity contribution in [1.29, 1.82) is 0 Å². The van der Waals surface area contributed by atoms with Crippen LogP contribution in [0.25, 0.3) is 10.8 Å². The summed E-state index contributed by atoms with van der Waals surface area (Å²) >= 11 is 6.05. The second-order valence-corrected chi connectivity index (χ2v) is 12.6. The molecule has 3 heterocycles. The normalized spacial score (nSPS) is 16.7. The number of urea groups is 1. The van der Waals surface area contributed by atoms with Crippen LogP contribution in [0.15, 0.2) is 47.5 Å². The maximum Gasteiger partial charge on any atom is 0.330 e. The van der Waals surface area contributed by atoms with Crippen LogP contribution in [-0.4, -0.2) is 83.2 Å². The topological polar surface area (TPSA) is 134 Å². The Hall–Kier alpha value is -3.64. The second-order valence-electron chi connectivity index (χ2n) is 10.1. The molecule has 0 bridgehead atoms. The number of nitrogens with one attached hydrogen (secondary N) is 2. The van der Waals surface area contributed by atoms with Gasteiger partial charge in [-0.25, -0.2) is 23.0 Å². The number of imidazole rings is 1. The first-order chi connectivity index (χ1) is 19.1. The highest BCUT2D eigenvalue weighted by Crippen LogP contribution is 2.27. The SMILES string of the molecule is CCNC(=O)N[C@H](CS(=O)(=O)c1ccc2cc(Cl)ccc2c1)C(=O)N1CCC(N2Cc3cnc(C)n3C2=O)CC1. The van der Waals surface area contributed by atoms with Crippen LogP contribution < -0.4 is 10.6 Å². The Morgan fingerprint density at radius 2 is 1.82 bits per heavy atom. The number of piperidine rings is 1. The molecule has 0 unspecified atom stereocenters. The van der Waals surface area contributed by atoms with E-state index in [2.05, 4.69) is 15.6 Å². The van der Waals surface area contributed by atoms with Crippen LogP contribution in [0.3, 0.4) is 0 Å². The Morgan fingerprint density at radius 1 is 1.12 bits per heavy atom. The minimum Gasteiger partial charge on any atom is -0.341 e. The van der Waals surface area contributed by atoms with Gasteiger partial charge in [-0.05, 0) is 61.7 Å². The van der Waals surface area contributed by atoms with E-state index in [1.807, 2.05) is 0 Å². The van der Waals surface area contributed by atoms with E-state index >= 15 is 0 Å². The molecule has 13 heteroatoms. The fraction of sp³-hybridized carbons (Fsp3) is 0.407. The van der Waals surface area contributed by atoms with Crippen molar-refractivity contribution < 1.29 is 22.8 Å². The second kappa shape index (κ2) is 11.1. The average Bonchev–Trinajstić information content (AvgIpc) is 3.46. The first kappa shape index (κ1) is 27.9. The van der Waals surface area contributed by atoms with Crippen LogP contribution in [0.2, 0.25) is 5.02 Å². The summed E-state index contributed by atoms with van der Waals surface area (Å²) in [6.45, 7) is 4.98. The molecule has 4 amide bonds. The molecule has 3 aromatic rings. The molecule has 5 rings (SSSR count). The highest BCUT2D eigenvalue weighted by atomic mass is 35.5. The maximum absolute atomic E-state index is 13.6. The van der Waals surface area contributed by atoms with E-state index in [0.29, 0.717) is 55.3 Å². The van der Waals surface area contributed by atoms with Crippen LogP contribution in [-0.2, 0) is 21.2 Å². The highest BCUT2D eigenvalue weighted by Gasteiger charge is 2.38. The fourth-order valence-corrected chi connectivity index (χ4v) is 7.01. The van der Waals surface area contributed by atoms with E-state index in [9.17, 15) is 22.8 Å². The van der Waals surface area contributed by atoms with Crippen molar-refractivity contribution in [2.75, 3.05) is 25.4 Å². The van der Waals surface area contributed by atoms with Gasteiger partial charge in [0.25, 0.3) is 0 Å². The molecule has 0 saturated carbocycles. The zero-order valence-corrected chi connectivity index (χ0v) is 23.8. The molecule has 0 aliphatic carbocycles. The number of aromatic nitrogens is 2. The van der Waals surface area contributed by atoms with Crippen LogP contribution in [0.4, 0.5) is 9.59 Å². The summed E-state index contributed by atoms with van der Waals surface area (Å²) in [6.07, 6.45) is 2.79. The molecule has 2 aliphatic heterocycles. The molecule has 1 fully saturated rings. The number of aryl methyl sites for hydroxylation is 1. The number of carbonyl (C=O) groups excluding carboxylic acids is 3. The average molecular weight is 587 g/mol. The Balaban J connectivity index is 1.29. The van der Waals surface area contributed by atoms with Gasteiger partial charge in [0, 0.05) is 30.7 Å². The van der Waals surface area contributed by atoms with E-state index in [0.717, 1.165) is 11.1 Å². The van der Waals surface area contributed by atoms with Gasteiger partial charge in [-0.15, -0.1) is 0 Å². The quantitative estimate of drug-likeness (QED) is 0.437. The van der Waals surface area contributed by atoms with Crippen LogP contribution in [0.5, 0.6) is 0 Å². The first-order valence-electron chi connectivity index (χ1n) is 13.2. The number of benzene rings is 2. The summed E-state index contributed by atoms with van der Waals surface area (Å²) < 4.78 is 28.5. The Kier molecular flexibility index (Phi) is 7.74. The number of likely N-dealkylation sites (tertiary alicyclic amines) is 1. The molecule has 2 aromatic carbocycles. The lowest BCUT2D eigenvalue weighted by molar-refractivity contribution is -0.134. The number of hydrogen-bond donors (Lipinski definition) is 2. The zero-order chi connectivity index (χ0) is 28.6. The van der Waals surface area contributed by atoms with Gasteiger partial charge < -0.3 is 20.4 Å². The third-order valence-electron chi connectivity index (χ3n) is 7.46. The lowest BCUT2D eigenvalue weighted by Crippen LogP contribution is -2.56. The molecular formula is C27H31ClN6O5S. The van der Waals surface area contributed by atoms with Gasteiger partial charge in [0.2, 0.25) is 5.91 Å². The summed E-state index contributed by atoms with van der Waals surface area (Å²) in [5.41, 5.74) is 0.842. The Morgan fingerprint density at radius 3 is 2.52 bits per heavy atom. The van der Waals surface area contributed by atoms with Crippen LogP contribution in [0.1, 0.15) is 31.3 Å². The van der Waals surface area contributed by atoms with E-state index in [1.165, 1.54) is 6.07 Å². The number of fused-ring (bicyclic) bond motifs is 2.